The van der Waals surface area contributed by atoms with E-state index in [2.05, 4.69) is 21.2 Å². The van der Waals surface area contributed by atoms with E-state index in [1.54, 1.807) is 6.07 Å². The van der Waals surface area contributed by atoms with Crippen LogP contribution in [0.15, 0.2) is 51.8 Å². The average Bonchev–Trinajstić information content (AvgIpc) is 2.51. The van der Waals surface area contributed by atoms with Gasteiger partial charge >= 0.3 is 0 Å². The highest BCUT2D eigenvalue weighted by Gasteiger charge is 2.17. The zero-order valence-corrected chi connectivity index (χ0v) is 15.4. The number of nitrogens with zero attached hydrogens (tertiary/aromatic N) is 1. The summed E-state index contributed by atoms with van der Waals surface area (Å²) in [5.41, 5.74) is 2.08. The van der Waals surface area contributed by atoms with Crippen molar-refractivity contribution >= 4 is 37.5 Å². The summed E-state index contributed by atoms with van der Waals surface area (Å²) in [5, 5.41) is 2.79. The Morgan fingerprint density at radius 2 is 1.70 bits per heavy atom. The minimum absolute atomic E-state index is 0.151. The molecule has 0 bridgehead atoms. The monoisotopic (exact) mass is 396 g/mol. The molecule has 0 aliphatic rings. The van der Waals surface area contributed by atoms with Gasteiger partial charge in [-0.05, 0) is 55.0 Å². The molecule has 0 aromatic heterocycles. The van der Waals surface area contributed by atoms with Crippen LogP contribution in [0.2, 0.25) is 0 Å². The van der Waals surface area contributed by atoms with Crippen LogP contribution in [0, 0.1) is 6.92 Å². The lowest BCUT2D eigenvalue weighted by Crippen LogP contribution is -2.22. The number of hydrogen-bond acceptors (Lipinski definition) is 3. The third kappa shape index (κ3) is 3.99. The number of hydrogen-bond donors (Lipinski definition) is 1. The first-order valence-corrected chi connectivity index (χ1v) is 9.05. The molecule has 7 heteroatoms. The Morgan fingerprint density at radius 1 is 1.09 bits per heavy atom. The van der Waals surface area contributed by atoms with Crippen molar-refractivity contribution in [2.24, 2.45) is 0 Å². The van der Waals surface area contributed by atoms with Crippen LogP contribution in [0.5, 0.6) is 0 Å². The molecule has 2 aromatic rings. The fourth-order valence-electron chi connectivity index (χ4n) is 1.91. The number of rotatable bonds is 4. The van der Waals surface area contributed by atoms with Gasteiger partial charge in [-0.25, -0.2) is 12.7 Å². The van der Waals surface area contributed by atoms with Crippen molar-refractivity contribution in [1.29, 1.82) is 0 Å². The molecule has 0 radical (unpaired) electrons. The van der Waals surface area contributed by atoms with E-state index in [4.69, 9.17) is 0 Å². The fraction of sp³-hybridized carbons (Fsp3) is 0.188. The highest BCUT2D eigenvalue weighted by Crippen LogP contribution is 2.21. The van der Waals surface area contributed by atoms with Gasteiger partial charge in [0.2, 0.25) is 10.0 Å². The average molecular weight is 397 g/mol. The van der Waals surface area contributed by atoms with Gasteiger partial charge < -0.3 is 5.32 Å². The molecule has 0 spiro atoms. The summed E-state index contributed by atoms with van der Waals surface area (Å²) in [5.74, 6) is -0.291. The van der Waals surface area contributed by atoms with Gasteiger partial charge in [0.15, 0.2) is 0 Å². The zero-order chi connectivity index (χ0) is 17.2. The first-order valence-electron chi connectivity index (χ1n) is 6.82. The van der Waals surface area contributed by atoms with Crippen LogP contribution in [0.4, 0.5) is 5.69 Å². The van der Waals surface area contributed by atoms with E-state index in [-0.39, 0.29) is 10.8 Å². The molecule has 0 saturated carbocycles. The lowest BCUT2D eigenvalue weighted by molar-refractivity contribution is 0.102. The van der Waals surface area contributed by atoms with Gasteiger partial charge in [0.25, 0.3) is 5.91 Å². The second-order valence-corrected chi connectivity index (χ2v) is 8.24. The molecule has 0 saturated heterocycles. The molecule has 0 fully saturated rings. The number of benzene rings is 2. The van der Waals surface area contributed by atoms with Crippen LogP contribution in [-0.2, 0) is 10.0 Å². The third-order valence-corrected chi connectivity index (χ3v) is 6.03. The largest absolute Gasteiger partial charge is 0.322 e. The summed E-state index contributed by atoms with van der Waals surface area (Å²) in [4.78, 5) is 12.4. The van der Waals surface area contributed by atoms with Crippen LogP contribution >= 0.6 is 15.9 Å². The smallest absolute Gasteiger partial charge is 0.255 e. The Balaban J connectivity index is 2.19. The molecule has 122 valence electrons. The molecule has 2 rings (SSSR count). The minimum Gasteiger partial charge on any atom is -0.322 e. The summed E-state index contributed by atoms with van der Waals surface area (Å²) >= 11 is 3.41. The predicted molar refractivity (Wildman–Crippen MR) is 94.1 cm³/mol. The molecular formula is C16H17BrN2O3S. The number of aryl methyl sites for hydroxylation is 1. The summed E-state index contributed by atoms with van der Waals surface area (Å²) in [6.45, 7) is 1.93. The van der Waals surface area contributed by atoms with Crippen molar-refractivity contribution in [3.8, 4) is 0 Å². The number of amides is 1. The molecule has 1 N–H and O–H groups in total. The molecule has 1 amide bonds. The molecule has 0 aliphatic carbocycles. The van der Waals surface area contributed by atoms with E-state index in [9.17, 15) is 13.2 Å². The first-order chi connectivity index (χ1) is 10.7. The van der Waals surface area contributed by atoms with Gasteiger partial charge in [-0.1, -0.05) is 15.9 Å². The lowest BCUT2D eigenvalue weighted by atomic mass is 10.2. The minimum atomic E-state index is -3.49. The number of carbonyl (C=O) groups excluding carboxylic acids is 1. The van der Waals surface area contributed by atoms with E-state index < -0.39 is 10.0 Å². The normalized spacial score (nSPS) is 11.5. The van der Waals surface area contributed by atoms with Crippen molar-refractivity contribution in [3.63, 3.8) is 0 Å². The second kappa shape index (κ2) is 6.82. The van der Waals surface area contributed by atoms with Crippen molar-refractivity contribution in [2.75, 3.05) is 19.4 Å². The molecule has 0 unspecified atom stereocenters. The molecular weight excluding hydrogens is 380 g/mol. The summed E-state index contributed by atoms with van der Waals surface area (Å²) in [6, 6.07) is 11.4. The van der Waals surface area contributed by atoms with Gasteiger partial charge in [-0.2, -0.15) is 0 Å². The lowest BCUT2D eigenvalue weighted by Gasteiger charge is -2.12. The van der Waals surface area contributed by atoms with E-state index in [0.29, 0.717) is 11.3 Å². The fourth-order valence-corrected chi connectivity index (χ4v) is 3.06. The molecule has 0 aliphatic heterocycles. The predicted octanol–water partition coefficient (Wildman–Crippen LogP) is 3.26. The van der Waals surface area contributed by atoms with E-state index in [0.717, 1.165) is 14.3 Å². The topological polar surface area (TPSA) is 66.5 Å². The van der Waals surface area contributed by atoms with Crippen LogP contribution < -0.4 is 5.32 Å². The number of nitrogens with one attached hydrogen (secondary N) is 1. The Morgan fingerprint density at radius 3 is 2.22 bits per heavy atom. The number of carbonyl (C=O) groups is 1. The Bertz CT molecular complexity index is 831. The van der Waals surface area contributed by atoms with Crippen LogP contribution in [0.3, 0.4) is 0 Å². The molecule has 5 nitrogen and oxygen atoms in total. The maximum absolute atomic E-state index is 12.2. The molecule has 0 atom stereocenters. The van der Waals surface area contributed by atoms with Crippen LogP contribution in [-0.4, -0.2) is 32.7 Å². The van der Waals surface area contributed by atoms with Gasteiger partial charge in [0, 0.05) is 29.8 Å². The van der Waals surface area contributed by atoms with Crippen molar-refractivity contribution in [2.45, 2.75) is 11.8 Å². The molecule has 2 aromatic carbocycles. The van der Waals surface area contributed by atoms with Crippen molar-refractivity contribution in [1.82, 2.24) is 4.31 Å². The van der Waals surface area contributed by atoms with E-state index in [1.807, 2.05) is 19.1 Å². The maximum Gasteiger partial charge on any atom is 0.255 e. The zero-order valence-electron chi connectivity index (χ0n) is 13.0. The first kappa shape index (κ1) is 17.7. The number of sulfonamides is 1. The highest BCUT2D eigenvalue weighted by atomic mass is 79.9. The number of anilines is 1. The van der Waals surface area contributed by atoms with Crippen molar-refractivity contribution < 1.29 is 13.2 Å². The molecule has 0 heterocycles. The van der Waals surface area contributed by atoms with Crippen molar-refractivity contribution in [3.05, 3.63) is 58.1 Å². The second-order valence-electron chi connectivity index (χ2n) is 5.23. The van der Waals surface area contributed by atoms with Gasteiger partial charge in [0.05, 0.1) is 4.90 Å². The number of halogens is 1. The Kier molecular flexibility index (Phi) is 5.23. The third-order valence-electron chi connectivity index (χ3n) is 3.31. The van der Waals surface area contributed by atoms with Gasteiger partial charge in [0.1, 0.15) is 0 Å². The SMILES string of the molecule is Cc1cc(NC(=O)c2ccc(S(=O)(=O)N(C)C)cc2)ccc1Br. The van der Waals surface area contributed by atoms with Crippen LogP contribution in [0.25, 0.3) is 0 Å². The van der Waals surface area contributed by atoms with Gasteiger partial charge in [-0.15, -0.1) is 0 Å². The molecule has 23 heavy (non-hydrogen) atoms. The maximum atomic E-state index is 12.2. The van der Waals surface area contributed by atoms with Crippen LogP contribution in [0.1, 0.15) is 15.9 Å². The standard InChI is InChI=1S/C16H17BrN2O3S/c1-11-10-13(6-9-15(11)17)18-16(20)12-4-7-14(8-5-12)23(21,22)19(2)3/h4-10H,1-3H3,(H,18,20). The summed E-state index contributed by atoms with van der Waals surface area (Å²) < 4.78 is 26.1. The Hall–Kier alpha value is -1.70. The summed E-state index contributed by atoms with van der Waals surface area (Å²) in [7, 11) is -0.564. The highest BCUT2D eigenvalue weighted by molar-refractivity contribution is 9.10. The van der Waals surface area contributed by atoms with E-state index in [1.165, 1.54) is 38.4 Å². The van der Waals surface area contributed by atoms with E-state index >= 15 is 0 Å². The summed E-state index contributed by atoms with van der Waals surface area (Å²) in [6.07, 6.45) is 0. The quantitative estimate of drug-likeness (QED) is 0.861. The Labute approximate surface area is 144 Å². The van der Waals surface area contributed by atoms with Gasteiger partial charge in [-0.3, -0.25) is 4.79 Å².